The molecule has 0 radical (unpaired) electrons. The lowest BCUT2D eigenvalue weighted by molar-refractivity contribution is 0.371. The highest BCUT2D eigenvalue weighted by Gasteiger charge is 2.39. The zero-order valence-corrected chi connectivity index (χ0v) is 7.99. The van der Waals surface area contributed by atoms with Gasteiger partial charge in [-0.1, -0.05) is 13.3 Å². The molecule has 4 nitrogen and oxygen atoms in total. The Kier molecular flexibility index (Phi) is 4.77. The van der Waals surface area contributed by atoms with Crippen LogP contribution in [0, 0.1) is 56.7 Å². The van der Waals surface area contributed by atoms with Gasteiger partial charge in [-0.2, -0.15) is 21.0 Å². The Bertz CT molecular complexity index is 330. The van der Waals surface area contributed by atoms with Gasteiger partial charge in [0.05, 0.1) is 36.6 Å². The monoisotopic (exact) mass is 186 g/mol. The smallest absolute Gasteiger partial charge is 0.172 e. The minimum Gasteiger partial charge on any atom is -0.198 e. The van der Waals surface area contributed by atoms with Gasteiger partial charge in [0.15, 0.2) is 5.41 Å². The SMILES string of the molecule is CCCC(C#N)C(C#N)(C#N)CC#N. The molecule has 1 atom stereocenters. The predicted molar refractivity (Wildman–Crippen MR) is 47.9 cm³/mol. The predicted octanol–water partition coefficient (Wildman–Crippen LogP) is 1.87. The molecule has 0 aromatic heterocycles. The van der Waals surface area contributed by atoms with Crippen LogP contribution in [0.2, 0.25) is 0 Å². The molecule has 0 saturated heterocycles. The molecule has 0 aliphatic heterocycles. The summed E-state index contributed by atoms with van der Waals surface area (Å²) in [4.78, 5) is 0. The number of nitrogens with zero attached hydrogens (tertiary/aromatic N) is 4. The molecule has 0 aromatic rings. The van der Waals surface area contributed by atoms with Crippen molar-refractivity contribution in [3.05, 3.63) is 0 Å². The summed E-state index contributed by atoms with van der Waals surface area (Å²) in [7, 11) is 0. The van der Waals surface area contributed by atoms with Gasteiger partial charge in [-0.25, -0.2) is 0 Å². The zero-order chi connectivity index (χ0) is 11.0. The fraction of sp³-hybridized carbons (Fsp3) is 0.600. The van der Waals surface area contributed by atoms with Gasteiger partial charge in [-0.15, -0.1) is 0 Å². The first-order valence-electron chi connectivity index (χ1n) is 4.29. The van der Waals surface area contributed by atoms with Crippen LogP contribution < -0.4 is 0 Å². The van der Waals surface area contributed by atoms with E-state index in [-0.39, 0.29) is 6.42 Å². The molecular formula is C10H10N4. The number of hydrogen-bond acceptors (Lipinski definition) is 4. The summed E-state index contributed by atoms with van der Waals surface area (Å²) in [5, 5.41) is 35.1. The molecule has 1 unspecified atom stereocenters. The van der Waals surface area contributed by atoms with Crippen molar-refractivity contribution in [1.29, 1.82) is 21.0 Å². The highest BCUT2D eigenvalue weighted by Crippen LogP contribution is 2.32. The second-order valence-electron chi connectivity index (χ2n) is 3.00. The zero-order valence-electron chi connectivity index (χ0n) is 7.99. The molecule has 0 aliphatic carbocycles. The van der Waals surface area contributed by atoms with Crippen molar-refractivity contribution in [1.82, 2.24) is 0 Å². The molecule has 0 fully saturated rings. The molecule has 14 heavy (non-hydrogen) atoms. The van der Waals surface area contributed by atoms with Crippen LogP contribution in [-0.2, 0) is 0 Å². The lowest BCUT2D eigenvalue weighted by Crippen LogP contribution is -2.26. The Labute approximate surface area is 83.6 Å². The van der Waals surface area contributed by atoms with Gasteiger partial charge in [-0.3, -0.25) is 0 Å². The second-order valence-corrected chi connectivity index (χ2v) is 3.00. The Hall–Kier alpha value is -2.04. The Morgan fingerprint density at radius 2 is 1.71 bits per heavy atom. The minimum atomic E-state index is -1.46. The summed E-state index contributed by atoms with van der Waals surface area (Å²) in [6.07, 6.45) is 0.978. The maximum absolute atomic E-state index is 8.86. The number of nitriles is 4. The quantitative estimate of drug-likeness (QED) is 0.669. The molecule has 0 N–H and O–H groups in total. The average molecular weight is 186 g/mol. The Balaban J connectivity index is 5.02. The lowest BCUT2D eigenvalue weighted by Gasteiger charge is -2.19. The Morgan fingerprint density at radius 1 is 1.14 bits per heavy atom. The highest BCUT2D eigenvalue weighted by molar-refractivity contribution is 5.23. The summed E-state index contributed by atoms with van der Waals surface area (Å²) in [6.45, 7) is 1.87. The lowest BCUT2D eigenvalue weighted by atomic mass is 9.74. The number of rotatable bonds is 4. The van der Waals surface area contributed by atoms with Crippen LogP contribution in [0.15, 0.2) is 0 Å². The van der Waals surface area contributed by atoms with Gasteiger partial charge in [0.2, 0.25) is 0 Å². The van der Waals surface area contributed by atoms with E-state index in [9.17, 15) is 0 Å². The average Bonchev–Trinajstić information content (AvgIpc) is 2.23. The molecule has 70 valence electrons. The summed E-state index contributed by atoms with van der Waals surface area (Å²) >= 11 is 0. The molecule has 0 saturated carbocycles. The van der Waals surface area contributed by atoms with Gasteiger partial charge in [0.1, 0.15) is 0 Å². The minimum absolute atomic E-state index is 0.210. The van der Waals surface area contributed by atoms with Gasteiger partial charge >= 0.3 is 0 Å². The standard InChI is InChI=1S/C10H10N4/c1-2-3-9(6-12)10(7-13,8-14)4-5-11/h9H,2-4H2,1H3. The molecule has 0 aromatic carbocycles. The third-order valence-electron chi connectivity index (χ3n) is 2.08. The van der Waals surface area contributed by atoms with Crippen molar-refractivity contribution in [2.45, 2.75) is 26.2 Å². The summed E-state index contributed by atoms with van der Waals surface area (Å²) < 4.78 is 0. The van der Waals surface area contributed by atoms with E-state index in [2.05, 4.69) is 0 Å². The van der Waals surface area contributed by atoms with Gasteiger partial charge in [0.25, 0.3) is 0 Å². The van der Waals surface area contributed by atoms with Crippen LogP contribution in [-0.4, -0.2) is 0 Å². The topological polar surface area (TPSA) is 95.2 Å². The summed E-state index contributed by atoms with van der Waals surface area (Å²) in [6, 6.07) is 7.31. The maximum Gasteiger partial charge on any atom is 0.172 e. The fourth-order valence-electron chi connectivity index (χ4n) is 1.22. The van der Waals surface area contributed by atoms with E-state index in [4.69, 9.17) is 21.0 Å². The van der Waals surface area contributed by atoms with Crippen molar-refractivity contribution in [2.75, 3.05) is 0 Å². The first-order valence-corrected chi connectivity index (χ1v) is 4.29. The van der Waals surface area contributed by atoms with Crippen LogP contribution in [0.3, 0.4) is 0 Å². The van der Waals surface area contributed by atoms with Crippen molar-refractivity contribution < 1.29 is 0 Å². The first kappa shape index (κ1) is 12.0. The third-order valence-corrected chi connectivity index (χ3v) is 2.08. The number of hydrogen-bond donors (Lipinski definition) is 0. The van der Waals surface area contributed by atoms with E-state index in [1.807, 2.05) is 13.0 Å². The van der Waals surface area contributed by atoms with E-state index in [0.717, 1.165) is 6.42 Å². The van der Waals surface area contributed by atoms with Gasteiger partial charge in [0, 0.05) is 0 Å². The largest absolute Gasteiger partial charge is 0.198 e. The molecular weight excluding hydrogens is 176 g/mol. The van der Waals surface area contributed by atoms with E-state index in [0.29, 0.717) is 6.42 Å². The molecule has 0 spiro atoms. The second kappa shape index (κ2) is 5.58. The maximum atomic E-state index is 8.86. The van der Waals surface area contributed by atoms with E-state index < -0.39 is 11.3 Å². The molecule has 0 aliphatic rings. The van der Waals surface area contributed by atoms with Crippen molar-refractivity contribution in [3.8, 4) is 24.3 Å². The van der Waals surface area contributed by atoms with Crippen LogP contribution in [0.1, 0.15) is 26.2 Å². The highest BCUT2D eigenvalue weighted by atomic mass is 14.5. The van der Waals surface area contributed by atoms with E-state index in [1.165, 1.54) is 0 Å². The molecule has 0 bridgehead atoms. The third kappa shape index (κ3) is 2.22. The van der Waals surface area contributed by atoms with Crippen LogP contribution >= 0.6 is 0 Å². The van der Waals surface area contributed by atoms with Crippen molar-refractivity contribution >= 4 is 0 Å². The molecule has 0 amide bonds. The first-order chi connectivity index (χ1) is 6.70. The van der Waals surface area contributed by atoms with Gasteiger partial charge in [-0.05, 0) is 6.42 Å². The summed E-state index contributed by atoms with van der Waals surface area (Å²) in [5.41, 5.74) is -1.46. The van der Waals surface area contributed by atoms with Crippen LogP contribution in [0.25, 0.3) is 0 Å². The summed E-state index contributed by atoms with van der Waals surface area (Å²) in [5.74, 6) is -0.679. The molecule has 4 heteroatoms. The molecule has 0 rings (SSSR count). The van der Waals surface area contributed by atoms with Gasteiger partial charge < -0.3 is 0 Å². The Morgan fingerprint density at radius 3 is 2.00 bits per heavy atom. The van der Waals surface area contributed by atoms with Crippen LogP contribution in [0.4, 0.5) is 0 Å². The van der Waals surface area contributed by atoms with Crippen molar-refractivity contribution in [2.24, 2.45) is 11.3 Å². The normalized spacial score (nSPS) is 11.5. The molecule has 0 heterocycles. The van der Waals surface area contributed by atoms with Crippen LogP contribution in [0.5, 0.6) is 0 Å². The van der Waals surface area contributed by atoms with E-state index >= 15 is 0 Å². The van der Waals surface area contributed by atoms with Crippen molar-refractivity contribution in [3.63, 3.8) is 0 Å². The van der Waals surface area contributed by atoms with E-state index in [1.54, 1.807) is 18.2 Å². The fourth-order valence-corrected chi connectivity index (χ4v) is 1.22.